The van der Waals surface area contributed by atoms with Crippen LogP contribution in [0.25, 0.3) is 0 Å². The van der Waals surface area contributed by atoms with Crippen molar-refractivity contribution in [3.8, 4) is 0 Å². The number of alkyl halides is 3. The Kier molecular flexibility index (Phi) is 4.44. The van der Waals surface area contributed by atoms with Gasteiger partial charge in [0.1, 0.15) is 11.4 Å². The number of piperidine rings is 1. The summed E-state index contributed by atoms with van der Waals surface area (Å²) in [5, 5.41) is 8.45. The number of hydrogen-bond donors (Lipinski definition) is 3. The SMILES string of the molecule is CS(=O)(=O)N1C[C@@H]2C[C@]2(Nc2nc(Nc3ccc4c(c3)CC(=O)N4)ncc2C(F)(F)F)C1. The van der Waals surface area contributed by atoms with Gasteiger partial charge in [0.15, 0.2) is 0 Å². The summed E-state index contributed by atoms with van der Waals surface area (Å²) in [6.07, 6.45) is -2.12. The summed E-state index contributed by atoms with van der Waals surface area (Å²) < 4.78 is 65.7. The predicted molar refractivity (Wildman–Crippen MR) is 110 cm³/mol. The zero-order chi connectivity index (χ0) is 22.9. The summed E-state index contributed by atoms with van der Waals surface area (Å²) in [5.41, 5.74) is 0.180. The van der Waals surface area contributed by atoms with Crippen molar-refractivity contribution in [3.63, 3.8) is 0 Å². The maximum Gasteiger partial charge on any atom is 0.421 e. The average Bonchev–Trinajstić information content (AvgIpc) is 3.01. The van der Waals surface area contributed by atoms with E-state index in [9.17, 15) is 26.4 Å². The highest BCUT2D eigenvalue weighted by atomic mass is 32.2. The largest absolute Gasteiger partial charge is 0.421 e. The highest BCUT2D eigenvalue weighted by Crippen LogP contribution is 2.53. The molecule has 1 saturated heterocycles. The number of anilines is 4. The van der Waals surface area contributed by atoms with Crippen molar-refractivity contribution in [3.05, 3.63) is 35.5 Å². The van der Waals surface area contributed by atoms with Crippen LogP contribution in [-0.2, 0) is 27.4 Å². The summed E-state index contributed by atoms with van der Waals surface area (Å²) in [7, 11) is -3.43. The standard InChI is InChI=1S/C19H19F3N6O3S/c1-32(30,31)28-8-11-6-18(11,9-28)27-16-13(19(20,21)22)7-23-17(26-16)24-12-2-3-14-10(4-12)5-15(29)25-14/h2-4,7,11H,5-6,8-9H2,1H3,(H,25,29)(H2,23,24,26,27)/t11-,18-/m0/s1. The van der Waals surface area contributed by atoms with Gasteiger partial charge < -0.3 is 16.0 Å². The second-order valence-corrected chi connectivity index (χ2v) is 10.4. The number of rotatable bonds is 5. The van der Waals surface area contributed by atoms with Crippen LogP contribution >= 0.6 is 0 Å². The molecule has 0 bridgehead atoms. The van der Waals surface area contributed by atoms with Crippen LogP contribution in [0.3, 0.4) is 0 Å². The van der Waals surface area contributed by atoms with Gasteiger partial charge in [-0.25, -0.2) is 13.4 Å². The van der Waals surface area contributed by atoms with Gasteiger partial charge in [-0.05, 0) is 36.1 Å². The van der Waals surface area contributed by atoms with Crippen molar-refractivity contribution in [1.29, 1.82) is 0 Å². The fourth-order valence-electron chi connectivity index (χ4n) is 4.30. The lowest BCUT2D eigenvalue weighted by molar-refractivity contribution is -0.137. The van der Waals surface area contributed by atoms with Gasteiger partial charge in [-0.1, -0.05) is 0 Å². The van der Waals surface area contributed by atoms with E-state index in [0.29, 0.717) is 24.0 Å². The Morgan fingerprint density at radius 2 is 2.09 bits per heavy atom. The van der Waals surface area contributed by atoms with E-state index in [1.807, 2.05) is 0 Å². The van der Waals surface area contributed by atoms with E-state index < -0.39 is 33.1 Å². The third kappa shape index (κ3) is 3.75. The molecular weight excluding hydrogens is 449 g/mol. The fourth-order valence-corrected chi connectivity index (χ4v) is 5.22. The van der Waals surface area contributed by atoms with Crippen molar-refractivity contribution in [1.82, 2.24) is 14.3 Å². The van der Waals surface area contributed by atoms with Crippen molar-refractivity contribution in [2.24, 2.45) is 5.92 Å². The van der Waals surface area contributed by atoms with Crippen LogP contribution in [-0.4, -0.2) is 53.5 Å². The van der Waals surface area contributed by atoms with Gasteiger partial charge in [-0.2, -0.15) is 22.5 Å². The molecule has 1 aromatic carbocycles. The summed E-state index contributed by atoms with van der Waals surface area (Å²) in [4.78, 5) is 19.4. The second kappa shape index (κ2) is 6.78. The van der Waals surface area contributed by atoms with E-state index >= 15 is 0 Å². The van der Waals surface area contributed by atoms with Crippen molar-refractivity contribution < 1.29 is 26.4 Å². The Morgan fingerprint density at radius 1 is 1.31 bits per heavy atom. The van der Waals surface area contributed by atoms with Gasteiger partial charge in [0, 0.05) is 30.7 Å². The Morgan fingerprint density at radius 3 is 2.78 bits per heavy atom. The van der Waals surface area contributed by atoms with E-state index in [1.165, 1.54) is 4.31 Å². The summed E-state index contributed by atoms with van der Waals surface area (Å²) in [6.45, 7) is 0.359. The van der Waals surface area contributed by atoms with Crippen molar-refractivity contribution in [2.75, 3.05) is 35.3 Å². The Hall–Kier alpha value is -2.93. The van der Waals surface area contributed by atoms with Crippen LogP contribution in [0.2, 0.25) is 0 Å². The lowest BCUT2D eigenvalue weighted by Gasteiger charge is -2.22. The number of nitrogens with one attached hydrogen (secondary N) is 3. The average molecular weight is 468 g/mol. The first-order valence-electron chi connectivity index (χ1n) is 9.80. The third-order valence-corrected chi connectivity index (χ3v) is 7.25. The molecule has 3 heterocycles. The van der Waals surface area contributed by atoms with Crippen LogP contribution in [0.15, 0.2) is 24.4 Å². The van der Waals surface area contributed by atoms with E-state index in [-0.39, 0.29) is 37.3 Å². The molecule has 9 nitrogen and oxygen atoms in total. The van der Waals surface area contributed by atoms with Crippen molar-refractivity contribution >= 4 is 39.1 Å². The molecule has 1 aliphatic carbocycles. The lowest BCUT2D eigenvalue weighted by Crippen LogP contribution is -2.36. The highest BCUT2D eigenvalue weighted by molar-refractivity contribution is 7.88. The van der Waals surface area contributed by atoms with Crippen LogP contribution in [0.4, 0.5) is 36.3 Å². The smallest absolute Gasteiger partial charge is 0.362 e. The molecule has 13 heteroatoms. The minimum atomic E-state index is -4.68. The monoisotopic (exact) mass is 468 g/mol. The Bertz CT molecular complexity index is 1240. The topological polar surface area (TPSA) is 116 Å². The molecule has 5 rings (SSSR count). The number of halogens is 3. The molecule has 2 aromatic rings. The molecule has 170 valence electrons. The number of hydrogen-bond acceptors (Lipinski definition) is 7. The van der Waals surface area contributed by atoms with E-state index in [0.717, 1.165) is 11.8 Å². The summed E-state index contributed by atoms with van der Waals surface area (Å²) in [5.74, 6) is -0.658. The van der Waals surface area contributed by atoms with E-state index in [4.69, 9.17) is 0 Å². The van der Waals surface area contributed by atoms with Crippen LogP contribution < -0.4 is 16.0 Å². The number of carbonyl (C=O) groups excluding carboxylic acids is 1. The predicted octanol–water partition coefficient (Wildman–Crippen LogP) is 2.18. The van der Waals surface area contributed by atoms with Gasteiger partial charge in [-0.15, -0.1) is 0 Å². The first-order chi connectivity index (χ1) is 14.9. The molecule has 0 unspecified atom stereocenters. The molecule has 2 atom stereocenters. The van der Waals surface area contributed by atoms with Crippen LogP contribution in [0.5, 0.6) is 0 Å². The second-order valence-electron chi connectivity index (χ2n) is 8.41. The molecule has 2 aliphatic heterocycles. The third-order valence-electron chi connectivity index (χ3n) is 6.03. The summed E-state index contributed by atoms with van der Waals surface area (Å²) >= 11 is 0. The maximum absolute atomic E-state index is 13.6. The van der Waals surface area contributed by atoms with Crippen LogP contribution in [0, 0.1) is 5.92 Å². The number of benzene rings is 1. The molecule has 3 N–H and O–H groups in total. The van der Waals surface area contributed by atoms with Gasteiger partial charge in [0.2, 0.25) is 21.9 Å². The maximum atomic E-state index is 13.6. The Balaban J connectivity index is 1.42. The molecule has 1 aromatic heterocycles. The highest BCUT2D eigenvalue weighted by Gasteiger charge is 2.62. The Labute approximate surface area is 181 Å². The number of sulfonamides is 1. The van der Waals surface area contributed by atoms with Gasteiger partial charge in [0.05, 0.1) is 18.2 Å². The first-order valence-corrected chi connectivity index (χ1v) is 11.7. The number of fused-ring (bicyclic) bond motifs is 2. The quantitative estimate of drug-likeness (QED) is 0.616. The molecule has 3 aliphatic rings. The molecule has 32 heavy (non-hydrogen) atoms. The van der Waals surface area contributed by atoms with Gasteiger partial charge in [-0.3, -0.25) is 4.79 Å². The van der Waals surface area contributed by atoms with Crippen LogP contribution in [0.1, 0.15) is 17.5 Å². The van der Waals surface area contributed by atoms with Gasteiger partial charge >= 0.3 is 6.18 Å². The zero-order valence-corrected chi connectivity index (χ0v) is 17.6. The molecule has 1 amide bonds. The number of aromatic nitrogens is 2. The molecule has 0 radical (unpaired) electrons. The minimum absolute atomic E-state index is 0.0516. The lowest BCUT2D eigenvalue weighted by atomic mass is 10.1. The summed E-state index contributed by atoms with van der Waals surface area (Å²) in [6, 6.07) is 5.06. The van der Waals surface area contributed by atoms with E-state index in [1.54, 1.807) is 18.2 Å². The first kappa shape index (κ1) is 20.9. The number of nitrogens with zero attached hydrogens (tertiary/aromatic N) is 3. The van der Waals surface area contributed by atoms with Gasteiger partial charge in [0.25, 0.3) is 0 Å². The number of amides is 1. The van der Waals surface area contributed by atoms with Crippen molar-refractivity contribution in [2.45, 2.75) is 24.6 Å². The molecular formula is C19H19F3N6O3S. The zero-order valence-electron chi connectivity index (χ0n) is 16.8. The fraction of sp³-hybridized carbons (Fsp3) is 0.421. The molecule has 1 saturated carbocycles. The normalized spacial score (nSPS) is 24.6. The number of carbonyl (C=O) groups is 1. The molecule has 2 fully saturated rings. The van der Waals surface area contributed by atoms with E-state index in [2.05, 4.69) is 25.9 Å². The minimum Gasteiger partial charge on any atom is -0.362 e. The molecule has 0 spiro atoms.